The lowest BCUT2D eigenvalue weighted by Gasteiger charge is -2.28. The second-order valence-corrected chi connectivity index (χ2v) is 4.76. The average molecular weight is 256 g/mol. The van der Waals surface area contributed by atoms with Gasteiger partial charge in [-0.05, 0) is 32.4 Å². The van der Waals surface area contributed by atoms with Gasteiger partial charge in [0.05, 0.1) is 11.6 Å². The van der Waals surface area contributed by atoms with Gasteiger partial charge in [0.25, 0.3) is 5.91 Å². The van der Waals surface area contributed by atoms with E-state index < -0.39 is 0 Å². The summed E-state index contributed by atoms with van der Waals surface area (Å²) in [6.07, 6.45) is 0.785. The number of carbonyl (C=O) groups excluding carboxylic acids is 1. The third kappa shape index (κ3) is 2.56. The Morgan fingerprint density at radius 2 is 2.35 bits per heavy atom. The van der Waals surface area contributed by atoms with Gasteiger partial charge in [0.15, 0.2) is 10.8 Å². The number of ether oxygens (including phenoxy) is 1. The second kappa shape index (κ2) is 4.58. The largest absolute Gasteiger partial charge is 0.376 e. The highest BCUT2D eigenvalue weighted by molar-refractivity contribution is 6.29. The van der Waals surface area contributed by atoms with Crippen LogP contribution in [0.2, 0.25) is 5.15 Å². The van der Waals surface area contributed by atoms with Crippen LogP contribution >= 0.6 is 11.6 Å². The molecule has 2 rings (SSSR count). The van der Waals surface area contributed by atoms with Crippen LogP contribution in [0.3, 0.4) is 0 Å². The summed E-state index contributed by atoms with van der Waals surface area (Å²) >= 11 is 5.61. The first-order valence-electron chi connectivity index (χ1n) is 5.44. The van der Waals surface area contributed by atoms with Crippen molar-refractivity contribution in [3.63, 3.8) is 0 Å². The Morgan fingerprint density at radius 3 is 2.88 bits per heavy atom. The lowest BCUT2D eigenvalue weighted by atomic mass is 9.94. The second-order valence-electron chi connectivity index (χ2n) is 4.38. The molecular formula is C11H14ClN3O2. The van der Waals surface area contributed by atoms with Crippen LogP contribution in [0.1, 0.15) is 30.8 Å². The summed E-state index contributed by atoms with van der Waals surface area (Å²) in [5.41, 5.74) is -0.0898. The molecule has 1 N–H and O–H groups in total. The molecule has 1 amide bonds. The number of rotatable bonds is 2. The van der Waals surface area contributed by atoms with Crippen molar-refractivity contribution in [2.75, 3.05) is 6.61 Å². The molecule has 0 spiro atoms. The molecular weight excluding hydrogens is 242 g/mol. The van der Waals surface area contributed by atoms with Crippen LogP contribution in [0.15, 0.2) is 12.1 Å². The van der Waals surface area contributed by atoms with E-state index in [4.69, 9.17) is 16.3 Å². The minimum absolute atomic E-state index is 0.00768. The maximum atomic E-state index is 12.0. The van der Waals surface area contributed by atoms with E-state index >= 15 is 0 Å². The molecule has 2 atom stereocenters. The van der Waals surface area contributed by atoms with Crippen LogP contribution in [0.25, 0.3) is 0 Å². The normalized spacial score (nSPS) is 28.1. The summed E-state index contributed by atoms with van der Waals surface area (Å²) in [4.78, 5) is 12.0. The summed E-state index contributed by atoms with van der Waals surface area (Å²) in [5, 5.41) is 10.6. The molecule has 92 valence electrons. The Kier molecular flexibility index (Phi) is 3.31. The molecule has 17 heavy (non-hydrogen) atoms. The fourth-order valence-electron chi connectivity index (χ4n) is 1.76. The number of halogens is 1. The molecule has 0 saturated carbocycles. The smallest absolute Gasteiger partial charge is 0.272 e. The number of hydrogen-bond donors (Lipinski definition) is 1. The molecule has 1 aromatic heterocycles. The monoisotopic (exact) mass is 255 g/mol. The fraction of sp³-hybridized carbons (Fsp3) is 0.545. The van der Waals surface area contributed by atoms with Crippen molar-refractivity contribution in [3.05, 3.63) is 23.0 Å². The zero-order chi connectivity index (χ0) is 12.5. The highest BCUT2D eigenvalue weighted by Crippen LogP contribution is 2.25. The van der Waals surface area contributed by atoms with Crippen LogP contribution in [-0.4, -0.2) is 34.4 Å². The van der Waals surface area contributed by atoms with Crippen molar-refractivity contribution in [2.24, 2.45) is 0 Å². The van der Waals surface area contributed by atoms with Gasteiger partial charge >= 0.3 is 0 Å². The first kappa shape index (κ1) is 12.3. The summed E-state index contributed by atoms with van der Waals surface area (Å²) < 4.78 is 5.45. The van der Waals surface area contributed by atoms with Gasteiger partial charge < -0.3 is 10.1 Å². The molecule has 0 radical (unpaired) electrons. The number of hydrogen-bond acceptors (Lipinski definition) is 4. The molecule has 0 aliphatic carbocycles. The molecule has 6 heteroatoms. The quantitative estimate of drug-likeness (QED) is 0.868. The minimum atomic E-state index is -0.349. The highest BCUT2D eigenvalue weighted by atomic mass is 35.5. The number of aromatic nitrogens is 2. The van der Waals surface area contributed by atoms with Crippen molar-refractivity contribution in [2.45, 2.75) is 31.9 Å². The Morgan fingerprint density at radius 1 is 1.59 bits per heavy atom. The molecule has 2 heterocycles. The molecule has 1 aliphatic rings. The zero-order valence-electron chi connectivity index (χ0n) is 9.74. The van der Waals surface area contributed by atoms with Gasteiger partial charge in [-0.1, -0.05) is 11.6 Å². The topological polar surface area (TPSA) is 64.1 Å². The maximum absolute atomic E-state index is 12.0. The van der Waals surface area contributed by atoms with Gasteiger partial charge in [-0.3, -0.25) is 4.79 Å². The van der Waals surface area contributed by atoms with Crippen LogP contribution in [0, 0.1) is 0 Å². The van der Waals surface area contributed by atoms with Crippen molar-refractivity contribution in [1.29, 1.82) is 0 Å². The van der Waals surface area contributed by atoms with Crippen molar-refractivity contribution in [3.8, 4) is 0 Å². The number of amides is 1. The number of nitrogens with one attached hydrogen (secondary N) is 1. The number of nitrogens with zero attached hydrogens (tertiary/aromatic N) is 2. The SMILES string of the molecule is CC1OCCC1(C)NC(=O)c1ccc(Cl)nn1. The van der Waals surface area contributed by atoms with Gasteiger partial charge in [0.1, 0.15) is 0 Å². The van der Waals surface area contributed by atoms with Crippen LogP contribution < -0.4 is 5.32 Å². The minimum Gasteiger partial charge on any atom is -0.376 e. The van der Waals surface area contributed by atoms with E-state index in [0.717, 1.165) is 6.42 Å². The summed E-state index contributed by atoms with van der Waals surface area (Å²) in [6, 6.07) is 3.09. The van der Waals surface area contributed by atoms with Gasteiger partial charge in [-0.25, -0.2) is 0 Å². The summed E-state index contributed by atoms with van der Waals surface area (Å²) in [6.45, 7) is 4.57. The van der Waals surface area contributed by atoms with Crippen molar-refractivity contribution < 1.29 is 9.53 Å². The molecule has 1 saturated heterocycles. The van der Waals surface area contributed by atoms with E-state index in [1.807, 2.05) is 13.8 Å². The molecule has 0 bridgehead atoms. The van der Waals surface area contributed by atoms with Gasteiger partial charge in [0, 0.05) is 6.61 Å². The van der Waals surface area contributed by atoms with Crippen LogP contribution in [0.5, 0.6) is 0 Å². The Balaban J connectivity index is 2.09. The molecule has 0 aromatic carbocycles. The van der Waals surface area contributed by atoms with E-state index in [9.17, 15) is 4.79 Å². The lowest BCUT2D eigenvalue weighted by Crippen LogP contribution is -2.50. The third-order valence-corrected chi connectivity index (χ3v) is 3.35. The van der Waals surface area contributed by atoms with Crippen molar-refractivity contribution in [1.82, 2.24) is 15.5 Å². The Labute approximate surface area is 105 Å². The molecule has 2 unspecified atom stereocenters. The first-order chi connectivity index (χ1) is 8.01. The predicted molar refractivity (Wildman–Crippen MR) is 62.9 cm³/mol. The molecule has 5 nitrogen and oxygen atoms in total. The van der Waals surface area contributed by atoms with Crippen molar-refractivity contribution >= 4 is 17.5 Å². The highest BCUT2D eigenvalue weighted by Gasteiger charge is 2.38. The first-order valence-corrected chi connectivity index (χ1v) is 5.82. The van der Waals surface area contributed by atoms with Crippen LogP contribution in [-0.2, 0) is 4.74 Å². The third-order valence-electron chi connectivity index (χ3n) is 3.15. The van der Waals surface area contributed by atoms with Crippen LogP contribution in [0.4, 0.5) is 0 Å². The van der Waals surface area contributed by atoms with E-state index in [1.54, 1.807) is 12.1 Å². The van der Waals surface area contributed by atoms with Gasteiger partial charge in [0.2, 0.25) is 0 Å². The Hall–Kier alpha value is -1.20. The zero-order valence-corrected chi connectivity index (χ0v) is 10.5. The fourth-order valence-corrected chi connectivity index (χ4v) is 1.86. The van der Waals surface area contributed by atoms with E-state index in [-0.39, 0.29) is 28.4 Å². The van der Waals surface area contributed by atoms with E-state index in [2.05, 4.69) is 15.5 Å². The molecule has 1 fully saturated rings. The molecule has 1 aliphatic heterocycles. The number of carbonyl (C=O) groups is 1. The van der Waals surface area contributed by atoms with Gasteiger partial charge in [-0.2, -0.15) is 0 Å². The maximum Gasteiger partial charge on any atom is 0.272 e. The average Bonchev–Trinajstić information content (AvgIpc) is 2.60. The molecule has 1 aromatic rings. The lowest BCUT2D eigenvalue weighted by molar-refractivity contribution is 0.0723. The predicted octanol–water partition coefficient (Wildman–Crippen LogP) is 1.43. The van der Waals surface area contributed by atoms with Gasteiger partial charge in [-0.15, -0.1) is 10.2 Å². The van der Waals surface area contributed by atoms with E-state index in [1.165, 1.54) is 0 Å². The standard InChI is InChI=1S/C11H14ClN3O2/c1-7-11(2,5-6-17-7)13-10(16)8-3-4-9(12)15-14-8/h3-4,7H,5-6H2,1-2H3,(H,13,16). The Bertz CT molecular complexity index is 423. The van der Waals surface area contributed by atoms with E-state index in [0.29, 0.717) is 6.61 Å². The summed E-state index contributed by atoms with van der Waals surface area (Å²) in [7, 11) is 0. The summed E-state index contributed by atoms with van der Waals surface area (Å²) in [5.74, 6) is -0.256.